The summed E-state index contributed by atoms with van der Waals surface area (Å²) in [5.41, 5.74) is 11.7. The largest absolute Gasteiger partial charge is 0.382 e. The van der Waals surface area contributed by atoms with Gasteiger partial charge in [-0.2, -0.15) is 5.10 Å². The molecule has 0 atom stereocenters. The van der Waals surface area contributed by atoms with Gasteiger partial charge in [-0.15, -0.1) is 0 Å². The van der Waals surface area contributed by atoms with Crippen molar-refractivity contribution in [2.24, 2.45) is 0 Å². The van der Waals surface area contributed by atoms with Crippen LogP contribution in [0.4, 0.5) is 5.82 Å². The van der Waals surface area contributed by atoms with Crippen molar-refractivity contribution < 1.29 is 0 Å². The highest BCUT2D eigenvalue weighted by Gasteiger charge is 2.23. The Morgan fingerprint density at radius 2 is 1.69 bits per heavy atom. The number of rotatable bonds is 3. The Kier molecular flexibility index (Phi) is 4.68. The third-order valence-corrected chi connectivity index (χ3v) is 6.06. The van der Waals surface area contributed by atoms with Crippen LogP contribution in [0.15, 0.2) is 48.7 Å². The summed E-state index contributed by atoms with van der Waals surface area (Å²) in [7, 11) is 0. The number of H-pyrrole nitrogens is 1. The van der Waals surface area contributed by atoms with E-state index in [9.17, 15) is 0 Å². The Balaban J connectivity index is 1.73. The van der Waals surface area contributed by atoms with Crippen LogP contribution in [0.2, 0.25) is 5.02 Å². The summed E-state index contributed by atoms with van der Waals surface area (Å²) in [5.74, 6) is 0.906. The van der Waals surface area contributed by atoms with Crippen LogP contribution in [0.5, 0.6) is 0 Å². The normalized spacial score (nSPS) is 15.1. The van der Waals surface area contributed by atoms with Gasteiger partial charge in [0.05, 0.1) is 33.8 Å². The summed E-state index contributed by atoms with van der Waals surface area (Å²) in [5, 5.41) is 8.63. The van der Waals surface area contributed by atoms with Crippen LogP contribution in [0.1, 0.15) is 43.7 Å². The van der Waals surface area contributed by atoms with Gasteiger partial charge in [-0.25, -0.2) is 9.97 Å². The van der Waals surface area contributed by atoms with E-state index in [1.807, 2.05) is 36.4 Å². The molecule has 29 heavy (non-hydrogen) atoms. The summed E-state index contributed by atoms with van der Waals surface area (Å²) >= 11 is 6.53. The molecule has 1 aliphatic rings. The topological polar surface area (TPSA) is 80.5 Å². The summed E-state index contributed by atoms with van der Waals surface area (Å²) < 4.78 is 0. The molecule has 5 rings (SSSR count). The molecule has 0 saturated heterocycles. The zero-order valence-corrected chi connectivity index (χ0v) is 16.8. The van der Waals surface area contributed by atoms with Crippen LogP contribution in [0, 0.1) is 0 Å². The number of fused-ring (bicyclic) bond motifs is 1. The van der Waals surface area contributed by atoms with Crippen LogP contribution >= 0.6 is 11.6 Å². The Morgan fingerprint density at radius 3 is 2.48 bits per heavy atom. The zero-order chi connectivity index (χ0) is 19.8. The number of nitrogens with one attached hydrogen (secondary N) is 1. The van der Waals surface area contributed by atoms with Crippen LogP contribution in [-0.4, -0.2) is 20.2 Å². The van der Waals surface area contributed by atoms with Gasteiger partial charge in [0.15, 0.2) is 0 Å². The quantitative estimate of drug-likeness (QED) is 0.441. The molecule has 4 aromatic rings. The van der Waals surface area contributed by atoms with E-state index in [1.54, 1.807) is 6.20 Å². The predicted octanol–water partition coefficient (Wildman–Crippen LogP) is 5.97. The first-order valence-corrected chi connectivity index (χ1v) is 10.4. The molecule has 5 nitrogen and oxygen atoms in total. The lowest BCUT2D eigenvalue weighted by atomic mass is 9.86. The number of hydrogen-bond donors (Lipinski definition) is 2. The highest BCUT2D eigenvalue weighted by Crippen LogP contribution is 2.39. The van der Waals surface area contributed by atoms with Gasteiger partial charge in [0.1, 0.15) is 5.82 Å². The second kappa shape index (κ2) is 7.48. The first-order chi connectivity index (χ1) is 14.2. The van der Waals surface area contributed by atoms with E-state index in [-0.39, 0.29) is 0 Å². The van der Waals surface area contributed by atoms with Crippen LogP contribution < -0.4 is 5.73 Å². The van der Waals surface area contributed by atoms with Crippen molar-refractivity contribution in [2.75, 3.05) is 5.73 Å². The molecule has 146 valence electrons. The Labute approximate surface area is 174 Å². The molecule has 0 spiro atoms. The van der Waals surface area contributed by atoms with E-state index in [0.29, 0.717) is 16.8 Å². The zero-order valence-electron chi connectivity index (χ0n) is 16.0. The number of nitrogens with zero attached hydrogens (tertiary/aromatic N) is 3. The van der Waals surface area contributed by atoms with Gasteiger partial charge in [0.2, 0.25) is 0 Å². The van der Waals surface area contributed by atoms with Crippen molar-refractivity contribution in [1.29, 1.82) is 0 Å². The number of aromatic nitrogens is 4. The molecule has 0 amide bonds. The van der Waals surface area contributed by atoms with E-state index in [1.165, 1.54) is 19.3 Å². The van der Waals surface area contributed by atoms with Gasteiger partial charge < -0.3 is 5.73 Å². The van der Waals surface area contributed by atoms with Gasteiger partial charge in [0, 0.05) is 22.4 Å². The van der Waals surface area contributed by atoms with Gasteiger partial charge in [0.25, 0.3) is 0 Å². The Bertz CT molecular complexity index is 1160. The lowest BCUT2D eigenvalue weighted by Gasteiger charge is -2.23. The molecule has 0 unspecified atom stereocenters. The number of benzene rings is 2. The van der Waals surface area contributed by atoms with Gasteiger partial charge in [-0.1, -0.05) is 61.2 Å². The number of anilines is 1. The maximum Gasteiger partial charge on any atom is 0.146 e. The number of halogens is 1. The molecule has 1 saturated carbocycles. The maximum atomic E-state index is 6.53. The SMILES string of the molecule is Nc1nc(-c2ccccc2)c(-c2cc(Cl)c3[nH]ncc3c2)nc1C1CCCCC1. The number of aromatic amines is 1. The van der Waals surface area contributed by atoms with E-state index in [4.69, 9.17) is 27.3 Å². The first kappa shape index (κ1) is 18.1. The third kappa shape index (κ3) is 3.36. The van der Waals surface area contributed by atoms with E-state index >= 15 is 0 Å². The second-order valence-corrected chi connectivity index (χ2v) is 8.09. The fraction of sp³-hybridized carbons (Fsp3) is 0.261. The third-order valence-electron chi connectivity index (χ3n) is 5.76. The van der Waals surface area contributed by atoms with Crippen molar-refractivity contribution in [3.05, 3.63) is 59.4 Å². The molecule has 0 aliphatic heterocycles. The van der Waals surface area contributed by atoms with Gasteiger partial charge in [-0.05, 0) is 25.0 Å². The van der Waals surface area contributed by atoms with E-state index in [2.05, 4.69) is 16.3 Å². The molecule has 1 aliphatic carbocycles. The van der Waals surface area contributed by atoms with Crippen molar-refractivity contribution >= 4 is 28.3 Å². The molecule has 2 heterocycles. The Morgan fingerprint density at radius 1 is 0.931 bits per heavy atom. The minimum atomic E-state index is 0.368. The van der Waals surface area contributed by atoms with Crippen LogP contribution in [0.25, 0.3) is 33.4 Å². The smallest absolute Gasteiger partial charge is 0.146 e. The van der Waals surface area contributed by atoms with Crippen molar-refractivity contribution in [2.45, 2.75) is 38.0 Å². The average Bonchev–Trinajstić information content (AvgIpc) is 3.24. The highest BCUT2D eigenvalue weighted by molar-refractivity contribution is 6.35. The fourth-order valence-electron chi connectivity index (χ4n) is 4.29. The Hall–Kier alpha value is -2.92. The second-order valence-electron chi connectivity index (χ2n) is 7.68. The number of hydrogen-bond acceptors (Lipinski definition) is 4. The lowest BCUT2D eigenvalue weighted by Crippen LogP contribution is -2.12. The molecule has 2 aromatic carbocycles. The van der Waals surface area contributed by atoms with Crippen molar-refractivity contribution in [3.63, 3.8) is 0 Å². The summed E-state index contributed by atoms with van der Waals surface area (Å²) in [6, 6.07) is 14.0. The molecule has 3 N–H and O–H groups in total. The molecule has 0 bridgehead atoms. The van der Waals surface area contributed by atoms with Gasteiger partial charge >= 0.3 is 0 Å². The molecule has 0 radical (unpaired) electrons. The minimum Gasteiger partial charge on any atom is -0.382 e. The minimum absolute atomic E-state index is 0.368. The highest BCUT2D eigenvalue weighted by atomic mass is 35.5. The van der Waals surface area contributed by atoms with Crippen molar-refractivity contribution in [3.8, 4) is 22.5 Å². The van der Waals surface area contributed by atoms with Crippen LogP contribution in [0.3, 0.4) is 0 Å². The van der Waals surface area contributed by atoms with Gasteiger partial charge in [-0.3, -0.25) is 5.10 Å². The molecule has 2 aromatic heterocycles. The molecular formula is C23H22ClN5. The fourth-order valence-corrected chi connectivity index (χ4v) is 4.56. The summed E-state index contributed by atoms with van der Waals surface area (Å²) in [6.07, 6.45) is 7.73. The maximum absolute atomic E-state index is 6.53. The molecule has 1 fully saturated rings. The standard InChI is InChI=1S/C23H22ClN5/c24-18-12-16(11-17-13-26-29-19(17)18)21-20(14-7-3-1-4-8-14)28-23(25)22(27-21)15-9-5-2-6-10-15/h1,3-4,7-8,11-13,15H,2,5-6,9-10H2,(H2,25,28)(H,26,29). The predicted molar refractivity (Wildman–Crippen MR) is 118 cm³/mol. The lowest BCUT2D eigenvalue weighted by molar-refractivity contribution is 0.437. The summed E-state index contributed by atoms with van der Waals surface area (Å²) in [4.78, 5) is 9.94. The summed E-state index contributed by atoms with van der Waals surface area (Å²) in [6.45, 7) is 0. The first-order valence-electron chi connectivity index (χ1n) is 10.1. The monoisotopic (exact) mass is 403 g/mol. The van der Waals surface area contributed by atoms with Crippen molar-refractivity contribution in [1.82, 2.24) is 20.2 Å². The molecular weight excluding hydrogens is 382 g/mol. The van der Waals surface area contributed by atoms with E-state index < -0.39 is 0 Å². The molecule has 6 heteroatoms. The average molecular weight is 404 g/mol. The number of nitrogen functional groups attached to an aromatic ring is 1. The van der Waals surface area contributed by atoms with Crippen LogP contribution in [-0.2, 0) is 0 Å². The number of nitrogens with two attached hydrogens (primary N) is 1. The van der Waals surface area contributed by atoms with E-state index in [0.717, 1.165) is 52.0 Å².